The summed E-state index contributed by atoms with van der Waals surface area (Å²) in [6.07, 6.45) is 0. The lowest BCUT2D eigenvalue weighted by atomic mass is 10.1. The van der Waals surface area contributed by atoms with E-state index in [0.29, 0.717) is 6.54 Å². The minimum atomic E-state index is -0.485. The van der Waals surface area contributed by atoms with Crippen molar-refractivity contribution in [3.8, 4) is 0 Å². The Bertz CT molecular complexity index is 444. The zero-order valence-corrected chi connectivity index (χ0v) is 9.44. The lowest BCUT2D eigenvalue weighted by Gasteiger charge is -2.32. The zero-order chi connectivity index (χ0) is 12.4. The molecule has 1 fully saturated rings. The van der Waals surface area contributed by atoms with Crippen molar-refractivity contribution in [2.24, 2.45) is 0 Å². The fourth-order valence-electron chi connectivity index (χ4n) is 1.78. The van der Waals surface area contributed by atoms with Gasteiger partial charge in [-0.05, 0) is 24.6 Å². The van der Waals surface area contributed by atoms with Crippen molar-refractivity contribution in [2.45, 2.75) is 19.5 Å². The number of hydrogen-bond acceptors (Lipinski definition) is 2. The van der Waals surface area contributed by atoms with Gasteiger partial charge in [0.2, 0.25) is 11.8 Å². The molecule has 90 valence electrons. The van der Waals surface area contributed by atoms with Crippen molar-refractivity contribution < 1.29 is 14.0 Å². The van der Waals surface area contributed by atoms with E-state index >= 15 is 0 Å². The summed E-state index contributed by atoms with van der Waals surface area (Å²) >= 11 is 0. The summed E-state index contributed by atoms with van der Waals surface area (Å²) in [7, 11) is 0. The van der Waals surface area contributed by atoms with Crippen LogP contribution in [-0.4, -0.2) is 29.3 Å². The normalized spacial score (nSPS) is 20.4. The van der Waals surface area contributed by atoms with Crippen molar-refractivity contribution in [3.05, 3.63) is 35.6 Å². The first-order valence-electron chi connectivity index (χ1n) is 5.39. The second-order valence-electron chi connectivity index (χ2n) is 4.04. The third kappa shape index (κ3) is 2.43. The molecule has 0 aromatic heterocycles. The lowest BCUT2D eigenvalue weighted by Crippen LogP contribution is -2.56. The van der Waals surface area contributed by atoms with Crippen molar-refractivity contribution >= 4 is 11.8 Å². The minimum Gasteiger partial charge on any atom is -0.345 e. The molecule has 1 aliphatic rings. The van der Waals surface area contributed by atoms with E-state index in [4.69, 9.17) is 0 Å². The smallest absolute Gasteiger partial charge is 0.242 e. The van der Waals surface area contributed by atoms with Crippen molar-refractivity contribution in [1.29, 1.82) is 0 Å². The predicted octanol–water partition coefficient (Wildman–Crippen LogP) is 0.673. The quantitative estimate of drug-likeness (QED) is 0.820. The summed E-state index contributed by atoms with van der Waals surface area (Å²) in [4.78, 5) is 24.6. The molecule has 0 saturated carbocycles. The predicted molar refractivity (Wildman–Crippen MR) is 59.4 cm³/mol. The molecule has 1 aliphatic heterocycles. The molecule has 0 spiro atoms. The number of carbonyl (C=O) groups is 2. The van der Waals surface area contributed by atoms with E-state index in [1.165, 1.54) is 17.0 Å². The Balaban J connectivity index is 2.13. The number of piperazine rings is 1. The maximum atomic E-state index is 12.7. The van der Waals surface area contributed by atoms with Crippen LogP contribution in [0.3, 0.4) is 0 Å². The Hall–Kier alpha value is -1.91. The molecule has 1 N–H and O–H groups in total. The molecule has 1 atom stereocenters. The summed E-state index contributed by atoms with van der Waals surface area (Å²) < 4.78 is 12.7. The molecule has 2 rings (SSSR count). The highest BCUT2D eigenvalue weighted by Gasteiger charge is 2.30. The van der Waals surface area contributed by atoms with Crippen LogP contribution in [0.2, 0.25) is 0 Å². The topological polar surface area (TPSA) is 49.4 Å². The van der Waals surface area contributed by atoms with E-state index < -0.39 is 6.04 Å². The zero-order valence-electron chi connectivity index (χ0n) is 9.44. The van der Waals surface area contributed by atoms with Crippen LogP contribution in [0.4, 0.5) is 4.39 Å². The van der Waals surface area contributed by atoms with Gasteiger partial charge in [0.15, 0.2) is 0 Å². The number of hydrogen-bond donors (Lipinski definition) is 1. The first kappa shape index (κ1) is 11.6. The summed E-state index contributed by atoms with van der Waals surface area (Å²) in [5.74, 6) is -0.599. The van der Waals surface area contributed by atoms with Gasteiger partial charge in [0.05, 0.1) is 6.54 Å². The molecular formula is C12H13FN2O2. The van der Waals surface area contributed by atoms with Gasteiger partial charge in [-0.25, -0.2) is 4.39 Å². The van der Waals surface area contributed by atoms with Crippen molar-refractivity contribution in [3.63, 3.8) is 0 Å². The SMILES string of the molecule is CC1C(=O)NCC(=O)N1Cc1ccc(F)cc1. The molecule has 4 nitrogen and oxygen atoms in total. The maximum Gasteiger partial charge on any atom is 0.242 e. The van der Waals surface area contributed by atoms with Gasteiger partial charge in [0.25, 0.3) is 0 Å². The largest absolute Gasteiger partial charge is 0.345 e. The molecule has 5 heteroatoms. The molecule has 1 aromatic carbocycles. The summed E-state index contributed by atoms with van der Waals surface area (Å²) in [6.45, 7) is 2.04. The Kier molecular flexibility index (Phi) is 3.08. The summed E-state index contributed by atoms with van der Waals surface area (Å²) in [5, 5.41) is 2.52. The number of halogens is 1. The monoisotopic (exact) mass is 236 g/mol. The highest BCUT2D eigenvalue weighted by Crippen LogP contribution is 2.12. The third-order valence-corrected chi connectivity index (χ3v) is 2.85. The fraction of sp³-hybridized carbons (Fsp3) is 0.333. The summed E-state index contributed by atoms with van der Waals surface area (Å²) in [6, 6.07) is 5.42. The number of amides is 2. The van der Waals surface area contributed by atoms with Gasteiger partial charge in [-0.2, -0.15) is 0 Å². The highest BCUT2D eigenvalue weighted by atomic mass is 19.1. The molecule has 1 unspecified atom stereocenters. The van der Waals surface area contributed by atoms with Gasteiger partial charge in [-0.15, -0.1) is 0 Å². The average Bonchev–Trinajstić information content (AvgIpc) is 2.32. The van der Waals surface area contributed by atoms with Crippen LogP contribution in [0.1, 0.15) is 12.5 Å². The molecule has 2 amide bonds. The summed E-state index contributed by atoms with van der Waals surface area (Å²) in [5.41, 5.74) is 0.807. The van der Waals surface area contributed by atoms with Gasteiger partial charge in [0, 0.05) is 6.54 Å². The number of nitrogens with zero attached hydrogens (tertiary/aromatic N) is 1. The fourth-order valence-corrected chi connectivity index (χ4v) is 1.78. The Labute approximate surface area is 98.4 Å². The van der Waals surface area contributed by atoms with Crippen LogP contribution in [0.25, 0.3) is 0 Å². The second-order valence-corrected chi connectivity index (χ2v) is 4.04. The average molecular weight is 236 g/mol. The molecule has 0 bridgehead atoms. The lowest BCUT2D eigenvalue weighted by molar-refractivity contribution is -0.145. The van der Waals surface area contributed by atoms with Crippen molar-refractivity contribution in [2.75, 3.05) is 6.54 Å². The molecule has 0 aliphatic carbocycles. The van der Waals surface area contributed by atoms with E-state index in [-0.39, 0.29) is 24.2 Å². The highest BCUT2D eigenvalue weighted by molar-refractivity contribution is 5.94. The molecule has 17 heavy (non-hydrogen) atoms. The van der Waals surface area contributed by atoms with E-state index in [1.807, 2.05) is 0 Å². The standard InChI is InChI=1S/C12H13FN2O2/c1-8-12(17)14-6-11(16)15(8)7-9-2-4-10(13)5-3-9/h2-5,8H,6-7H2,1H3,(H,14,17). The van der Waals surface area contributed by atoms with Gasteiger partial charge >= 0.3 is 0 Å². The third-order valence-electron chi connectivity index (χ3n) is 2.85. The molecule has 1 heterocycles. The van der Waals surface area contributed by atoms with Crippen LogP contribution in [-0.2, 0) is 16.1 Å². The molecular weight excluding hydrogens is 223 g/mol. The first-order chi connectivity index (χ1) is 8.08. The second kappa shape index (κ2) is 4.53. The van der Waals surface area contributed by atoms with Crippen LogP contribution in [0, 0.1) is 5.82 Å². The van der Waals surface area contributed by atoms with Gasteiger partial charge in [-0.1, -0.05) is 12.1 Å². The Morgan fingerprint density at radius 1 is 1.35 bits per heavy atom. The molecule has 1 saturated heterocycles. The van der Waals surface area contributed by atoms with Gasteiger partial charge in [0.1, 0.15) is 11.9 Å². The van der Waals surface area contributed by atoms with E-state index in [9.17, 15) is 14.0 Å². The maximum absolute atomic E-state index is 12.7. The van der Waals surface area contributed by atoms with Crippen LogP contribution in [0.5, 0.6) is 0 Å². The number of carbonyl (C=O) groups excluding carboxylic acids is 2. The van der Waals surface area contributed by atoms with Crippen LogP contribution >= 0.6 is 0 Å². The number of nitrogens with one attached hydrogen (secondary N) is 1. The Morgan fingerprint density at radius 3 is 2.65 bits per heavy atom. The Morgan fingerprint density at radius 2 is 2.00 bits per heavy atom. The van der Waals surface area contributed by atoms with Crippen LogP contribution in [0.15, 0.2) is 24.3 Å². The number of benzene rings is 1. The van der Waals surface area contributed by atoms with Gasteiger partial charge in [-0.3, -0.25) is 9.59 Å². The van der Waals surface area contributed by atoms with Crippen molar-refractivity contribution in [1.82, 2.24) is 10.2 Å². The first-order valence-corrected chi connectivity index (χ1v) is 5.39. The molecule has 0 radical (unpaired) electrons. The van der Waals surface area contributed by atoms with Crippen LogP contribution < -0.4 is 5.32 Å². The molecule has 1 aromatic rings. The number of rotatable bonds is 2. The van der Waals surface area contributed by atoms with Gasteiger partial charge < -0.3 is 10.2 Å². The van der Waals surface area contributed by atoms with E-state index in [0.717, 1.165) is 5.56 Å². The van der Waals surface area contributed by atoms with E-state index in [1.54, 1.807) is 19.1 Å². The van der Waals surface area contributed by atoms with E-state index in [2.05, 4.69) is 5.32 Å². The minimum absolute atomic E-state index is 0.0321.